The first-order valence-electron chi connectivity index (χ1n) is 8.07. The van der Waals surface area contributed by atoms with Gasteiger partial charge in [-0.2, -0.15) is 0 Å². The van der Waals surface area contributed by atoms with Gasteiger partial charge in [-0.1, -0.05) is 49.9 Å². The Kier molecular flexibility index (Phi) is 4.68. The van der Waals surface area contributed by atoms with Crippen LogP contribution in [0.1, 0.15) is 26.7 Å². The number of allylic oxidation sites excluding steroid dienone is 1. The predicted octanol–water partition coefficient (Wildman–Crippen LogP) is 4.29. The van der Waals surface area contributed by atoms with E-state index in [2.05, 4.69) is 37.5 Å². The van der Waals surface area contributed by atoms with Crippen molar-refractivity contribution in [1.82, 2.24) is 0 Å². The number of hydrogen-bond donors (Lipinski definition) is 0. The largest absolute Gasteiger partial charge is 0.359 e. The van der Waals surface area contributed by atoms with E-state index in [0.717, 1.165) is 12.8 Å². The number of methoxy groups -OCH3 is 1. The summed E-state index contributed by atoms with van der Waals surface area (Å²) < 4.78 is 10.7. The SMILES string of the molecule is COCOC1C(=O)C2(/C=C\Sc3ccccc3)CCC1C2(C)C. The Bertz CT molecular complexity index is 596. The molecule has 0 heterocycles. The fourth-order valence-corrected chi connectivity index (χ4v) is 5.02. The molecule has 2 saturated carbocycles. The molecule has 124 valence electrons. The van der Waals surface area contributed by atoms with E-state index in [9.17, 15) is 4.79 Å². The van der Waals surface area contributed by atoms with Gasteiger partial charge in [0, 0.05) is 12.0 Å². The molecule has 1 aromatic carbocycles. The van der Waals surface area contributed by atoms with Crippen LogP contribution in [0.25, 0.3) is 0 Å². The number of benzene rings is 1. The van der Waals surface area contributed by atoms with Crippen LogP contribution in [-0.4, -0.2) is 25.8 Å². The average molecular weight is 332 g/mol. The van der Waals surface area contributed by atoms with Gasteiger partial charge in [-0.05, 0) is 41.7 Å². The predicted molar refractivity (Wildman–Crippen MR) is 92.1 cm³/mol. The molecule has 2 bridgehead atoms. The van der Waals surface area contributed by atoms with E-state index >= 15 is 0 Å². The molecule has 23 heavy (non-hydrogen) atoms. The Balaban J connectivity index is 1.80. The van der Waals surface area contributed by atoms with Gasteiger partial charge in [0.25, 0.3) is 0 Å². The van der Waals surface area contributed by atoms with Crippen LogP contribution in [0.2, 0.25) is 0 Å². The van der Waals surface area contributed by atoms with E-state index in [1.54, 1.807) is 18.9 Å². The quantitative estimate of drug-likeness (QED) is 0.575. The highest BCUT2D eigenvalue weighted by atomic mass is 32.2. The molecule has 3 nitrogen and oxygen atoms in total. The molecule has 3 atom stereocenters. The number of ether oxygens (including phenoxy) is 2. The van der Waals surface area contributed by atoms with E-state index in [4.69, 9.17) is 9.47 Å². The topological polar surface area (TPSA) is 35.5 Å². The van der Waals surface area contributed by atoms with Crippen molar-refractivity contribution in [1.29, 1.82) is 0 Å². The van der Waals surface area contributed by atoms with Gasteiger partial charge in [0.2, 0.25) is 0 Å². The van der Waals surface area contributed by atoms with Gasteiger partial charge in [-0.3, -0.25) is 4.79 Å². The lowest BCUT2D eigenvalue weighted by molar-refractivity contribution is -0.146. The zero-order valence-corrected chi connectivity index (χ0v) is 14.8. The summed E-state index contributed by atoms with van der Waals surface area (Å²) in [7, 11) is 1.59. The number of rotatable bonds is 6. The minimum absolute atomic E-state index is 0.0732. The fourth-order valence-electron chi connectivity index (χ4n) is 4.25. The first-order valence-corrected chi connectivity index (χ1v) is 8.95. The van der Waals surface area contributed by atoms with Gasteiger partial charge in [-0.25, -0.2) is 0 Å². The molecule has 0 radical (unpaired) electrons. The minimum Gasteiger partial charge on any atom is -0.359 e. The fraction of sp³-hybridized carbons (Fsp3) is 0.526. The van der Waals surface area contributed by atoms with Gasteiger partial charge in [0.1, 0.15) is 12.9 Å². The summed E-state index contributed by atoms with van der Waals surface area (Å²) in [5, 5.41) is 2.08. The maximum Gasteiger partial charge on any atom is 0.172 e. The van der Waals surface area contributed by atoms with E-state index in [-0.39, 0.29) is 30.0 Å². The third kappa shape index (κ3) is 2.67. The van der Waals surface area contributed by atoms with Crippen LogP contribution in [0.3, 0.4) is 0 Å². The number of thioether (sulfide) groups is 1. The van der Waals surface area contributed by atoms with Crippen molar-refractivity contribution >= 4 is 17.5 Å². The highest BCUT2D eigenvalue weighted by Crippen LogP contribution is 2.65. The molecular weight excluding hydrogens is 308 g/mol. The monoisotopic (exact) mass is 332 g/mol. The average Bonchev–Trinajstić information content (AvgIpc) is 2.88. The second-order valence-electron chi connectivity index (χ2n) is 6.93. The molecule has 0 amide bonds. The number of ketones is 1. The maximum absolute atomic E-state index is 13.0. The van der Waals surface area contributed by atoms with E-state index in [1.165, 1.54) is 4.90 Å². The molecule has 0 N–H and O–H groups in total. The molecule has 2 fully saturated rings. The summed E-state index contributed by atoms with van der Waals surface area (Å²) in [4.78, 5) is 14.2. The Labute approximate surface area is 142 Å². The van der Waals surface area contributed by atoms with Crippen molar-refractivity contribution in [2.45, 2.75) is 37.7 Å². The molecule has 0 aliphatic heterocycles. The Morgan fingerprint density at radius 2 is 2.04 bits per heavy atom. The molecule has 2 aliphatic rings. The summed E-state index contributed by atoms with van der Waals surface area (Å²) in [5.74, 6) is 0.497. The van der Waals surface area contributed by atoms with Crippen LogP contribution < -0.4 is 0 Å². The summed E-state index contributed by atoms with van der Waals surface area (Å²) in [6.07, 6.45) is 3.75. The molecule has 0 spiro atoms. The highest BCUT2D eigenvalue weighted by molar-refractivity contribution is 8.02. The lowest BCUT2D eigenvalue weighted by Crippen LogP contribution is -2.37. The number of fused-ring (bicyclic) bond motifs is 2. The van der Waals surface area contributed by atoms with Crippen molar-refractivity contribution in [2.24, 2.45) is 16.7 Å². The molecular formula is C19H24O3S. The van der Waals surface area contributed by atoms with Gasteiger partial charge < -0.3 is 9.47 Å². The van der Waals surface area contributed by atoms with E-state index < -0.39 is 5.41 Å². The summed E-state index contributed by atoms with van der Waals surface area (Å²) >= 11 is 1.66. The molecule has 0 aromatic heterocycles. The summed E-state index contributed by atoms with van der Waals surface area (Å²) in [6, 6.07) is 10.2. The van der Waals surface area contributed by atoms with Crippen LogP contribution in [0.4, 0.5) is 0 Å². The second kappa shape index (κ2) is 6.42. The van der Waals surface area contributed by atoms with Crippen LogP contribution in [0, 0.1) is 16.7 Å². The normalized spacial score (nSPS) is 32.0. The lowest BCUT2D eigenvalue weighted by Gasteiger charge is -2.33. The van der Waals surface area contributed by atoms with E-state index in [1.807, 2.05) is 18.2 Å². The van der Waals surface area contributed by atoms with Crippen molar-refractivity contribution < 1.29 is 14.3 Å². The molecule has 2 aliphatic carbocycles. The standard InChI is InChI=1S/C19H24O3S/c1-18(2)15-9-10-19(18,17(20)16(15)22-13-21-3)11-12-23-14-7-5-4-6-8-14/h4-8,11-12,15-16H,9-10,13H2,1-3H3/b12-11-. The second-order valence-corrected chi connectivity index (χ2v) is 7.91. The van der Waals surface area contributed by atoms with Crippen molar-refractivity contribution in [3.8, 4) is 0 Å². The minimum atomic E-state index is -0.405. The molecule has 3 rings (SSSR count). The zero-order valence-electron chi connectivity index (χ0n) is 14.0. The van der Waals surface area contributed by atoms with Gasteiger partial charge in [0.05, 0.1) is 5.41 Å². The maximum atomic E-state index is 13.0. The van der Waals surface area contributed by atoms with Crippen molar-refractivity contribution in [3.63, 3.8) is 0 Å². The number of Topliss-reactive ketones (excluding diaryl/α,β-unsaturated/α-hetero) is 1. The summed E-state index contributed by atoms with van der Waals surface area (Å²) in [5.41, 5.74) is -0.478. The smallest absolute Gasteiger partial charge is 0.172 e. The first-order chi connectivity index (χ1) is 11.0. The molecule has 4 heteroatoms. The van der Waals surface area contributed by atoms with Gasteiger partial charge in [-0.15, -0.1) is 0 Å². The third-order valence-corrected chi connectivity index (χ3v) is 6.47. The van der Waals surface area contributed by atoms with Gasteiger partial charge in [0.15, 0.2) is 5.78 Å². The van der Waals surface area contributed by atoms with Crippen LogP contribution >= 0.6 is 11.8 Å². The summed E-state index contributed by atoms with van der Waals surface area (Å²) in [6.45, 7) is 4.59. The molecule has 0 saturated heterocycles. The van der Waals surface area contributed by atoms with Crippen molar-refractivity contribution in [3.05, 3.63) is 41.8 Å². The highest BCUT2D eigenvalue weighted by Gasteiger charge is 2.68. The van der Waals surface area contributed by atoms with Crippen LogP contribution in [-0.2, 0) is 14.3 Å². The Hall–Kier alpha value is -1.10. The molecule has 1 aromatic rings. The lowest BCUT2D eigenvalue weighted by atomic mass is 9.69. The number of carbonyl (C=O) groups is 1. The van der Waals surface area contributed by atoms with E-state index in [0.29, 0.717) is 0 Å². The first kappa shape index (κ1) is 16.7. The van der Waals surface area contributed by atoms with Crippen LogP contribution in [0.5, 0.6) is 0 Å². The van der Waals surface area contributed by atoms with Gasteiger partial charge >= 0.3 is 0 Å². The van der Waals surface area contributed by atoms with Crippen molar-refractivity contribution in [2.75, 3.05) is 13.9 Å². The number of carbonyl (C=O) groups excluding carboxylic acids is 1. The Morgan fingerprint density at radius 1 is 1.30 bits per heavy atom. The Morgan fingerprint density at radius 3 is 2.74 bits per heavy atom. The zero-order chi connectivity index (χ0) is 16.5. The third-order valence-electron chi connectivity index (χ3n) is 5.66. The number of hydrogen-bond acceptors (Lipinski definition) is 4. The van der Waals surface area contributed by atoms with Crippen LogP contribution in [0.15, 0.2) is 46.7 Å². The molecule has 3 unspecified atom stereocenters.